The maximum absolute atomic E-state index is 14.2. The van der Waals surface area contributed by atoms with Gasteiger partial charge in [0.15, 0.2) is 0 Å². The summed E-state index contributed by atoms with van der Waals surface area (Å²) in [6.07, 6.45) is 0. The summed E-state index contributed by atoms with van der Waals surface area (Å²) in [7, 11) is 1.93. The average molecular weight is 351 g/mol. The third-order valence-corrected chi connectivity index (χ3v) is 4.14. The third kappa shape index (κ3) is 3.44. The molecule has 2 rings (SSSR count). The minimum Gasteiger partial charge on any atom is -0.339 e. The average Bonchev–Trinajstić information content (AvgIpc) is 2.49. The van der Waals surface area contributed by atoms with Crippen molar-refractivity contribution in [3.8, 4) is 0 Å². The maximum atomic E-state index is 14.2. The second-order valence-corrected chi connectivity index (χ2v) is 5.82. The van der Waals surface area contributed by atoms with E-state index in [2.05, 4.69) is 34.2 Å². The Balaban J connectivity index is 2.57. The molecule has 1 atom stereocenters. The molecule has 2 nitrogen and oxygen atoms in total. The number of benzene rings is 2. The molecule has 1 unspecified atom stereocenters. The van der Waals surface area contributed by atoms with E-state index in [4.69, 9.17) is 0 Å². The lowest BCUT2D eigenvalue weighted by molar-refractivity contribution is 0.623. The molecule has 0 fully saturated rings. The number of nitrogens with one attached hydrogen (secondary N) is 1. The second-order valence-electron chi connectivity index (χ2n) is 4.91. The van der Waals surface area contributed by atoms with Gasteiger partial charge in [-0.1, -0.05) is 34.1 Å². The monoisotopic (exact) mass is 350 g/mol. The number of para-hydroxylation sites is 1. The molecule has 0 aromatic heterocycles. The first kappa shape index (κ1) is 16.0. The van der Waals surface area contributed by atoms with E-state index in [0.717, 1.165) is 15.7 Å². The van der Waals surface area contributed by atoms with Crippen molar-refractivity contribution in [2.45, 2.75) is 19.9 Å². The van der Waals surface area contributed by atoms with Gasteiger partial charge in [-0.3, -0.25) is 0 Å². The molecule has 0 saturated carbocycles. The van der Waals surface area contributed by atoms with E-state index in [1.54, 1.807) is 6.07 Å². The van der Waals surface area contributed by atoms with E-state index in [0.29, 0.717) is 12.2 Å². The van der Waals surface area contributed by atoms with Gasteiger partial charge in [-0.15, -0.1) is 0 Å². The number of hydrogen-bond donors (Lipinski definition) is 1. The summed E-state index contributed by atoms with van der Waals surface area (Å²) in [5.41, 5.74) is 2.76. The van der Waals surface area contributed by atoms with E-state index < -0.39 is 0 Å². The fourth-order valence-corrected chi connectivity index (χ4v) is 2.76. The molecule has 0 aliphatic rings. The Morgan fingerprint density at radius 2 is 1.90 bits per heavy atom. The van der Waals surface area contributed by atoms with E-state index >= 15 is 0 Å². The molecular formula is C17H20BrFN2. The highest BCUT2D eigenvalue weighted by Gasteiger charge is 2.18. The largest absolute Gasteiger partial charge is 0.339 e. The number of rotatable bonds is 5. The predicted octanol–water partition coefficient (Wildman–Crippen LogP) is 5.03. The van der Waals surface area contributed by atoms with Crippen LogP contribution in [0.3, 0.4) is 0 Å². The number of nitrogens with zero attached hydrogens (tertiary/aromatic N) is 1. The third-order valence-electron chi connectivity index (χ3n) is 3.64. The summed E-state index contributed by atoms with van der Waals surface area (Å²) >= 11 is 3.52. The minimum absolute atomic E-state index is 0.189. The standard InChI is InChI=1S/C17H20BrFN2/c1-4-21(16-8-6-5-7-15(16)19)17-11-13(18)9-10-14(17)12(2)20-3/h5-12,20H,4H2,1-3H3. The number of halogens is 2. The number of hydrogen-bond acceptors (Lipinski definition) is 2. The molecule has 4 heteroatoms. The summed E-state index contributed by atoms with van der Waals surface area (Å²) in [5, 5.41) is 3.25. The van der Waals surface area contributed by atoms with Crippen molar-refractivity contribution in [2.24, 2.45) is 0 Å². The van der Waals surface area contributed by atoms with Crippen LogP contribution >= 0.6 is 15.9 Å². The lowest BCUT2D eigenvalue weighted by Gasteiger charge is -2.28. The Bertz CT molecular complexity index is 615. The molecule has 112 valence electrons. The van der Waals surface area contributed by atoms with Crippen molar-refractivity contribution >= 4 is 27.3 Å². The van der Waals surface area contributed by atoms with Gasteiger partial charge in [-0.05, 0) is 50.7 Å². The van der Waals surface area contributed by atoms with Crippen molar-refractivity contribution in [1.29, 1.82) is 0 Å². The molecule has 0 saturated heterocycles. The second kappa shape index (κ2) is 7.05. The van der Waals surface area contributed by atoms with E-state index in [-0.39, 0.29) is 11.9 Å². The Labute approximate surface area is 134 Å². The van der Waals surface area contributed by atoms with Crippen molar-refractivity contribution in [2.75, 3.05) is 18.5 Å². The molecule has 2 aromatic rings. The van der Waals surface area contributed by atoms with Crippen LogP contribution in [-0.2, 0) is 0 Å². The maximum Gasteiger partial charge on any atom is 0.146 e. The van der Waals surface area contributed by atoms with Gasteiger partial charge in [0.2, 0.25) is 0 Å². The molecule has 0 radical (unpaired) electrons. The Hall–Kier alpha value is -1.39. The molecule has 0 bridgehead atoms. The highest BCUT2D eigenvalue weighted by Crippen LogP contribution is 2.35. The highest BCUT2D eigenvalue weighted by atomic mass is 79.9. The molecular weight excluding hydrogens is 331 g/mol. The Morgan fingerprint density at radius 1 is 1.19 bits per heavy atom. The summed E-state index contributed by atoms with van der Waals surface area (Å²) < 4.78 is 15.1. The highest BCUT2D eigenvalue weighted by molar-refractivity contribution is 9.10. The summed E-state index contributed by atoms with van der Waals surface area (Å²) in [5.74, 6) is -0.206. The van der Waals surface area contributed by atoms with E-state index in [9.17, 15) is 4.39 Å². The van der Waals surface area contributed by atoms with Crippen LogP contribution in [0, 0.1) is 5.82 Å². The van der Waals surface area contributed by atoms with Gasteiger partial charge in [0.05, 0.1) is 5.69 Å². The zero-order chi connectivity index (χ0) is 15.4. The lowest BCUT2D eigenvalue weighted by Crippen LogP contribution is -2.22. The van der Waals surface area contributed by atoms with Crippen LogP contribution in [0.5, 0.6) is 0 Å². The first-order valence-corrected chi connectivity index (χ1v) is 7.86. The zero-order valence-electron chi connectivity index (χ0n) is 12.5. The van der Waals surface area contributed by atoms with Crippen LogP contribution < -0.4 is 10.2 Å². The predicted molar refractivity (Wildman–Crippen MR) is 90.7 cm³/mol. The molecule has 0 spiro atoms. The van der Waals surface area contributed by atoms with Crippen LogP contribution in [0.2, 0.25) is 0 Å². The first-order chi connectivity index (χ1) is 10.1. The van der Waals surface area contributed by atoms with Crippen LogP contribution in [0.1, 0.15) is 25.5 Å². The van der Waals surface area contributed by atoms with Crippen molar-refractivity contribution in [3.63, 3.8) is 0 Å². The Kier molecular flexibility index (Phi) is 5.37. The van der Waals surface area contributed by atoms with Crippen molar-refractivity contribution < 1.29 is 4.39 Å². The van der Waals surface area contributed by atoms with Crippen LogP contribution in [0.15, 0.2) is 46.9 Å². The van der Waals surface area contributed by atoms with E-state index in [1.165, 1.54) is 6.07 Å². The summed E-state index contributed by atoms with van der Waals surface area (Å²) in [6.45, 7) is 4.82. The quantitative estimate of drug-likeness (QED) is 0.813. The fraction of sp³-hybridized carbons (Fsp3) is 0.294. The van der Waals surface area contributed by atoms with Gasteiger partial charge in [-0.2, -0.15) is 0 Å². The zero-order valence-corrected chi connectivity index (χ0v) is 14.1. The van der Waals surface area contributed by atoms with Crippen LogP contribution in [0.25, 0.3) is 0 Å². The molecule has 0 heterocycles. The van der Waals surface area contributed by atoms with Gasteiger partial charge in [0.1, 0.15) is 5.82 Å². The van der Waals surface area contributed by atoms with Crippen LogP contribution in [0.4, 0.5) is 15.8 Å². The van der Waals surface area contributed by atoms with Gasteiger partial charge in [-0.25, -0.2) is 4.39 Å². The smallest absolute Gasteiger partial charge is 0.146 e. The van der Waals surface area contributed by atoms with Gasteiger partial charge < -0.3 is 10.2 Å². The molecule has 0 aliphatic heterocycles. The van der Waals surface area contributed by atoms with E-state index in [1.807, 2.05) is 43.1 Å². The fourth-order valence-electron chi connectivity index (χ4n) is 2.41. The summed E-state index contributed by atoms with van der Waals surface area (Å²) in [6, 6.07) is 13.2. The normalized spacial score (nSPS) is 12.2. The Morgan fingerprint density at radius 3 is 2.52 bits per heavy atom. The molecule has 21 heavy (non-hydrogen) atoms. The van der Waals surface area contributed by atoms with Crippen molar-refractivity contribution in [1.82, 2.24) is 5.32 Å². The molecule has 1 N–H and O–H groups in total. The van der Waals surface area contributed by atoms with Crippen LogP contribution in [-0.4, -0.2) is 13.6 Å². The topological polar surface area (TPSA) is 15.3 Å². The lowest BCUT2D eigenvalue weighted by atomic mass is 10.0. The molecule has 0 aliphatic carbocycles. The molecule has 2 aromatic carbocycles. The number of anilines is 2. The SMILES string of the molecule is CCN(c1ccccc1F)c1cc(Br)ccc1C(C)NC. The minimum atomic E-state index is -0.206. The van der Waals surface area contributed by atoms with Gasteiger partial charge >= 0.3 is 0 Å². The molecule has 0 amide bonds. The van der Waals surface area contributed by atoms with Crippen molar-refractivity contribution in [3.05, 3.63) is 58.3 Å². The first-order valence-electron chi connectivity index (χ1n) is 7.07. The summed E-state index contributed by atoms with van der Waals surface area (Å²) in [4.78, 5) is 2.00. The van der Waals surface area contributed by atoms with Gasteiger partial charge in [0, 0.05) is 22.7 Å². The van der Waals surface area contributed by atoms with Gasteiger partial charge in [0.25, 0.3) is 0 Å².